The molecule has 0 spiro atoms. The molecule has 0 unspecified atom stereocenters. The number of nitrogens with zero attached hydrogens (tertiary/aromatic N) is 2. The Morgan fingerprint density at radius 1 is 1.16 bits per heavy atom. The first-order valence-corrected chi connectivity index (χ1v) is 9.16. The number of hydrogen-bond donors (Lipinski definition) is 0. The van der Waals surface area contributed by atoms with Gasteiger partial charge in [-0.05, 0) is 25.3 Å². The lowest BCUT2D eigenvalue weighted by Crippen LogP contribution is -2.47. The first-order valence-electron chi connectivity index (χ1n) is 9.16. The smallest absolute Gasteiger partial charge is 0.289 e. The van der Waals surface area contributed by atoms with Gasteiger partial charge in [0, 0.05) is 43.2 Å². The predicted molar refractivity (Wildman–Crippen MR) is 96.9 cm³/mol. The largest absolute Gasteiger partial charge is 0.450 e. The summed E-state index contributed by atoms with van der Waals surface area (Å²) in [6.45, 7) is 11.3. The van der Waals surface area contributed by atoms with Crippen molar-refractivity contribution in [3.63, 3.8) is 0 Å². The van der Waals surface area contributed by atoms with Crippen LogP contribution in [0.4, 0.5) is 0 Å². The number of likely N-dealkylation sites (tertiary alicyclic amines) is 1. The minimum atomic E-state index is 0.0238. The third-order valence-corrected chi connectivity index (χ3v) is 5.73. The summed E-state index contributed by atoms with van der Waals surface area (Å²) in [6, 6.07) is 6.48. The van der Waals surface area contributed by atoms with Crippen LogP contribution in [-0.4, -0.2) is 61.1 Å². The van der Waals surface area contributed by atoms with Crippen LogP contribution in [0.15, 0.2) is 22.6 Å². The second-order valence-electron chi connectivity index (χ2n) is 7.41. The zero-order valence-corrected chi connectivity index (χ0v) is 15.2. The molecule has 0 aliphatic carbocycles. The highest BCUT2D eigenvalue weighted by molar-refractivity contribution is 5.99. The van der Waals surface area contributed by atoms with Gasteiger partial charge < -0.3 is 14.1 Å². The molecule has 25 heavy (non-hydrogen) atoms. The van der Waals surface area contributed by atoms with Crippen LogP contribution in [0.1, 0.15) is 28.6 Å². The van der Waals surface area contributed by atoms with Gasteiger partial charge in [0.25, 0.3) is 5.91 Å². The maximum atomic E-state index is 13.1. The number of para-hydroxylation sites is 1. The topological polar surface area (TPSA) is 45.9 Å². The van der Waals surface area contributed by atoms with Gasteiger partial charge in [0.05, 0.1) is 13.2 Å². The Morgan fingerprint density at radius 3 is 2.64 bits per heavy atom. The summed E-state index contributed by atoms with van der Waals surface area (Å²) in [5.74, 6) is 0.989. The Kier molecular flexibility index (Phi) is 4.29. The minimum absolute atomic E-state index is 0.0238. The van der Waals surface area contributed by atoms with Crippen LogP contribution in [0.25, 0.3) is 11.0 Å². The van der Waals surface area contributed by atoms with Crippen LogP contribution in [0.3, 0.4) is 0 Å². The SMILES string of the molecule is Cc1c(C(=O)N2C[C@@H](N3CCOCC3)[C@@H](C)C2)oc2c(C)cccc12. The van der Waals surface area contributed by atoms with Gasteiger partial charge in [0.15, 0.2) is 5.76 Å². The maximum absolute atomic E-state index is 13.1. The van der Waals surface area contributed by atoms with Crippen molar-refractivity contribution >= 4 is 16.9 Å². The number of morpholine rings is 1. The molecule has 5 nitrogen and oxygen atoms in total. The third-order valence-electron chi connectivity index (χ3n) is 5.73. The maximum Gasteiger partial charge on any atom is 0.289 e. The van der Waals surface area contributed by atoms with Crippen molar-refractivity contribution in [1.29, 1.82) is 0 Å². The molecule has 1 aromatic heterocycles. The standard InChI is InChI=1S/C20H26N2O3/c1-13-5-4-6-16-15(3)19(25-18(13)16)20(23)22-11-14(2)17(12-22)21-7-9-24-10-8-21/h4-6,14,17H,7-12H2,1-3H3/t14-,17+/m0/s1. The van der Waals surface area contributed by atoms with Crippen LogP contribution < -0.4 is 0 Å². The molecular formula is C20H26N2O3. The fourth-order valence-corrected chi connectivity index (χ4v) is 4.23. The van der Waals surface area contributed by atoms with E-state index in [-0.39, 0.29) is 5.91 Å². The Balaban J connectivity index is 1.57. The first-order chi connectivity index (χ1) is 12.1. The Hall–Kier alpha value is -1.85. The third kappa shape index (κ3) is 2.85. The van der Waals surface area contributed by atoms with Gasteiger partial charge in [-0.3, -0.25) is 9.69 Å². The summed E-state index contributed by atoms with van der Waals surface area (Å²) in [7, 11) is 0. The molecule has 2 aliphatic rings. The normalized spacial score (nSPS) is 25.0. The van der Waals surface area contributed by atoms with E-state index < -0.39 is 0 Å². The molecule has 4 rings (SSSR count). The van der Waals surface area contributed by atoms with Crippen LogP contribution in [0, 0.1) is 19.8 Å². The number of benzene rings is 1. The van der Waals surface area contributed by atoms with Crippen molar-refractivity contribution in [1.82, 2.24) is 9.80 Å². The van der Waals surface area contributed by atoms with E-state index in [2.05, 4.69) is 11.8 Å². The highest BCUT2D eigenvalue weighted by Crippen LogP contribution is 2.30. The Bertz CT molecular complexity index is 792. The van der Waals surface area contributed by atoms with Crippen molar-refractivity contribution in [2.24, 2.45) is 5.92 Å². The van der Waals surface area contributed by atoms with Gasteiger partial charge in [-0.1, -0.05) is 25.1 Å². The van der Waals surface area contributed by atoms with E-state index in [1.165, 1.54) is 0 Å². The molecule has 134 valence electrons. The molecule has 0 bridgehead atoms. The van der Waals surface area contributed by atoms with Crippen molar-refractivity contribution in [3.05, 3.63) is 35.1 Å². The summed E-state index contributed by atoms with van der Waals surface area (Å²) >= 11 is 0. The van der Waals surface area contributed by atoms with Gasteiger partial charge in [-0.2, -0.15) is 0 Å². The average Bonchev–Trinajstić information content (AvgIpc) is 3.17. The summed E-state index contributed by atoms with van der Waals surface area (Å²) < 4.78 is 11.5. The summed E-state index contributed by atoms with van der Waals surface area (Å²) in [5, 5.41) is 1.04. The molecule has 0 saturated carbocycles. The van der Waals surface area contributed by atoms with E-state index in [0.29, 0.717) is 17.7 Å². The number of ether oxygens (including phenoxy) is 1. The molecule has 5 heteroatoms. The zero-order chi connectivity index (χ0) is 17.6. The molecule has 2 saturated heterocycles. The number of furan rings is 1. The van der Waals surface area contributed by atoms with E-state index in [9.17, 15) is 4.79 Å². The number of rotatable bonds is 2. The average molecular weight is 342 g/mol. The monoisotopic (exact) mass is 342 g/mol. The quantitative estimate of drug-likeness (QED) is 0.842. The highest BCUT2D eigenvalue weighted by atomic mass is 16.5. The second-order valence-corrected chi connectivity index (χ2v) is 7.41. The molecule has 2 atom stereocenters. The summed E-state index contributed by atoms with van der Waals surface area (Å²) in [6.07, 6.45) is 0. The van der Waals surface area contributed by atoms with E-state index in [1.807, 2.05) is 36.9 Å². The Labute approximate surface area is 148 Å². The fraction of sp³-hybridized carbons (Fsp3) is 0.550. The summed E-state index contributed by atoms with van der Waals surface area (Å²) in [4.78, 5) is 17.5. The van der Waals surface area contributed by atoms with Crippen LogP contribution in [-0.2, 0) is 4.74 Å². The minimum Gasteiger partial charge on any atom is -0.450 e. The predicted octanol–water partition coefficient (Wildman–Crippen LogP) is 2.84. The lowest BCUT2D eigenvalue weighted by atomic mass is 10.0. The van der Waals surface area contributed by atoms with E-state index in [0.717, 1.165) is 61.5 Å². The van der Waals surface area contributed by atoms with E-state index in [1.54, 1.807) is 0 Å². The van der Waals surface area contributed by atoms with Gasteiger partial charge in [-0.15, -0.1) is 0 Å². The van der Waals surface area contributed by atoms with Gasteiger partial charge >= 0.3 is 0 Å². The number of hydrogen-bond acceptors (Lipinski definition) is 4. The fourth-order valence-electron chi connectivity index (χ4n) is 4.23. The zero-order valence-electron chi connectivity index (χ0n) is 15.2. The lowest BCUT2D eigenvalue weighted by molar-refractivity contribution is 0.0119. The van der Waals surface area contributed by atoms with Crippen molar-refractivity contribution in [2.45, 2.75) is 26.8 Å². The number of carbonyl (C=O) groups is 1. The van der Waals surface area contributed by atoms with Crippen molar-refractivity contribution in [2.75, 3.05) is 39.4 Å². The van der Waals surface area contributed by atoms with Crippen LogP contribution >= 0.6 is 0 Å². The number of carbonyl (C=O) groups excluding carboxylic acids is 1. The molecule has 2 aromatic rings. The molecule has 0 radical (unpaired) electrons. The van der Waals surface area contributed by atoms with Crippen LogP contribution in [0.5, 0.6) is 0 Å². The second kappa shape index (κ2) is 6.46. The number of amides is 1. The highest BCUT2D eigenvalue weighted by Gasteiger charge is 2.38. The lowest BCUT2D eigenvalue weighted by Gasteiger charge is -2.33. The van der Waals surface area contributed by atoms with Crippen molar-refractivity contribution in [3.8, 4) is 0 Å². The summed E-state index contributed by atoms with van der Waals surface area (Å²) in [5.41, 5.74) is 2.85. The first kappa shape index (κ1) is 16.6. The Morgan fingerprint density at radius 2 is 1.92 bits per heavy atom. The molecule has 0 N–H and O–H groups in total. The molecule has 2 aliphatic heterocycles. The molecular weight excluding hydrogens is 316 g/mol. The number of aryl methyl sites for hydroxylation is 2. The van der Waals surface area contributed by atoms with Gasteiger partial charge in [0.2, 0.25) is 0 Å². The van der Waals surface area contributed by atoms with E-state index >= 15 is 0 Å². The van der Waals surface area contributed by atoms with Crippen LogP contribution in [0.2, 0.25) is 0 Å². The molecule has 1 aromatic carbocycles. The van der Waals surface area contributed by atoms with Crippen molar-refractivity contribution < 1.29 is 13.9 Å². The van der Waals surface area contributed by atoms with Gasteiger partial charge in [0.1, 0.15) is 5.58 Å². The van der Waals surface area contributed by atoms with Gasteiger partial charge in [-0.25, -0.2) is 0 Å². The molecule has 1 amide bonds. The molecule has 2 fully saturated rings. The molecule has 3 heterocycles. The number of fused-ring (bicyclic) bond motifs is 1. The van der Waals surface area contributed by atoms with E-state index in [4.69, 9.17) is 9.15 Å².